The molecule has 162 valence electrons. The molecule has 9 heteroatoms. The van der Waals surface area contributed by atoms with Crippen molar-refractivity contribution in [3.05, 3.63) is 58.5 Å². The highest BCUT2D eigenvalue weighted by Crippen LogP contribution is 2.33. The highest BCUT2D eigenvalue weighted by atomic mass is 32.2. The van der Waals surface area contributed by atoms with Crippen LogP contribution in [-0.2, 0) is 16.1 Å². The van der Waals surface area contributed by atoms with Gasteiger partial charge in [0.1, 0.15) is 5.00 Å². The smallest absolute Gasteiger partial charge is 0.341 e. The van der Waals surface area contributed by atoms with Gasteiger partial charge in [0.05, 0.1) is 18.4 Å². The topological polar surface area (TPSA) is 86.1 Å². The molecule has 0 aliphatic heterocycles. The summed E-state index contributed by atoms with van der Waals surface area (Å²) in [6, 6.07) is 8.03. The first-order valence-electron chi connectivity index (χ1n) is 9.57. The summed E-state index contributed by atoms with van der Waals surface area (Å²) in [6.07, 6.45) is 1.77. The number of thioether (sulfide) groups is 1. The first-order chi connectivity index (χ1) is 14.8. The molecular formula is C22H24N4O3S2. The third-order valence-electron chi connectivity index (χ3n) is 4.70. The van der Waals surface area contributed by atoms with Crippen LogP contribution in [0.25, 0.3) is 11.4 Å². The Morgan fingerprint density at radius 2 is 1.94 bits per heavy atom. The molecule has 2 aromatic heterocycles. The van der Waals surface area contributed by atoms with Gasteiger partial charge in [0.15, 0.2) is 11.0 Å². The van der Waals surface area contributed by atoms with Crippen molar-refractivity contribution in [2.45, 2.75) is 32.5 Å². The molecule has 1 amide bonds. The van der Waals surface area contributed by atoms with Crippen LogP contribution in [-0.4, -0.2) is 39.5 Å². The molecule has 0 bridgehead atoms. The fraction of sp³-hybridized carbons (Fsp3) is 0.273. The van der Waals surface area contributed by atoms with Crippen LogP contribution in [0.3, 0.4) is 0 Å². The van der Waals surface area contributed by atoms with E-state index in [4.69, 9.17) is 4.74 Å². The maximum absolute atomic E-state index is 12.6. The summed E-state index contributed by atoms with van der Waals surface area (Å²) in [6.45, 7) is 10.1. The van der Waals surface area contributed by atoms with Crippen molar-refractivity contribution in [1.82, 2.24) is 14.8 Å². The van der Waals surface area contributed by atoms with Gasteiger partial charge in [0, 0.05) is 17.0 Å². The highest BCUT2D eigenvalue weighted by Gasteiger charge is 2.22. The summed E-state index contributed by atoms with van der Waals surface area (Å²) in [7, 11) is 1.33. The number of allylic oxidation sites excluding steroid dienone is 1. The van der Waals surface area contributed by atoms with Crippen LogP contribution in [0.4, 0.5) is 5.00 Å². The molecule has 0 unspecified atom stereocenters. The average Bonchev–Trinajstić information content (AvgIpc) is 3.27. The molecule has 0 saturated carbocycles. The van der Waals surface area contributed by atoms with Gasteiger partial charge in [-0.3, -0.25) is 9.36 Å². The Morgan fingerprint density at radius 3 is 2.58 bits per heavy atom. The summed E-state index contributed by atoms with van der Waals surface area (Å²) in [5, 5.41) is 12.5. The lowest BCUT2D eigenvalue weighted by Crippen LogP contribution is -2.16. The molecule has 0 spiro atoms. The monoisotopic (exact) mass is 456 g/mol. The van der Waals surface area contributed by atoms with Gasteiger partial charge in [-0.2, -0.15) is 0 Å². The Kier molecular flexibility index (Phi) is 7.29. The van der Waals surface area contributed by atoms with Crippen molar-refractivity contribution in [3.63, 3.8) is 0 Å². The number of hydrogen-bond acceptors (Lipinski definition) is 7. The third-order valence-corrected chi connectivity index (χ3v) is 6.79. The van der Waals surface area contributed by atoms with E-state index in [9.17, 15) is 9.59 Å². The summed E-state index contributed by atoms with van der Waals surface area (Å²) < 4.78 is 6.78. The number of carbonyl (C=O) groups excluding carboxylic acids is 2. The Bertz CT molecular complexity index is 1120. The van der Waals surface area contributed by atoms with E-state index in [1.807, 2.05) is 49.6 Å². The average molecular weight is 457 g/mol. The molecule has 0 saturated heterocycles. The second-order valence-corrected chi connectivity index (χ2v) is 9.05. The number of aryl methyl sites for hydroxylation is 2. The van der Waals surface area contributed by atoms with E-state index < -0.39 is 5.97 Å². The number of nitrogens with zero attached hydrogens (tertiary/aromatic N) is 3. The fourth-order valence-electron chi connectivity index (χ4n) is 2.96. The van der Waals surface area contributed by atoms with Crippen molar-refractivity contribution in [2.24, 2.45) is 0 Å². The lowest BCUT2D eigenvalue weighted by atomic mass is 10.1. The van der Waals surface area contributed by atoms with Crippen LogP contribution < -0.4 is 5.32 Å². The van der Waals surface area contributed by atoms with Crippen molar-refractivity contribution in [3.8, 4) is 11.4 Å². The van der Waals surface area contributed by atoms with Gasteiger partial charge in [-0.1, -0.05) is 47.7 Å². The number of anilines is 1. The molecule has 1 N–H and O–H groups in total. The van der Waals surface area contributed by atoms with Crippen LogP contribution in [0.5, 0.6) is 0 Å². The molecule has 0 atom stereocenters. The first-order valence-corrected chi connectivity index (χ1v) is 11.4. The molecule has 0 aliphatic carbocycles. The zero-order chi connectivity index (χ0) is 22.5. The molecule has 31 heavy (non-hydrogen) atoms. The molecule has 3 rings (SSSR count). The molecule has 3 aromatic rings. The summed E-state index contributed by atoms with van der Waals surface area (Å²) in [4.78, 5) is 25.7. The van der Waals surface area contributed by atoms with Gasteiger partial charge in [0.2, 0.25) is 5.91 Å². The summed E-state index contributed by atoms with van der Waals surface area (Å²) in [5.41, 5.74) is 3.33. The van der Waals surface area contributed by atoms with Gasteiger partial charge in [-0.15, -0.1) is 28.1 Å². The number of thiophene rings is 1. The lowest BCUT2D eigenvalue weighted by Gasteiger charge is -2.09. The number of methoxy groups -OCH3 is 1. The zero-order valence-electron chi connectivity index (χ0n) is 17.9. The Morgan fingerprint density at radius 1 is 1.23 bits per heavy atom. The minimum Gasteiger partial charge on any atom is -0.465 e. The quantitative estimate of drug-likeness (QED) is 0.302. The minimum absolute atomic E-state index is 0.125. The number of carbonyl (C=O) groups is 2. The number of nitrogens with one attached hydrogen (secondary N) is 1. The van der Waals surface area contributed by atoms with Gasteiger partial charge >= 0.3 is 5.97 Å². The van der Waals surface area contributed by atoms with E-state index in [1.165, 1.54) is 30.2 Å². The van der Waals surface area contributed by atoms with E-state index in [1.54, 1.807) is 6.08 Å². The van der Waals surface area contributed by atoms with E-state index in [0.29, 0.717) is 22.3 Å². The number of esters is 1. The molecule has 1 aromatic carbocycles. The zero-order valence-corrected chi connectivity index (χ0v) is 19.5. The molecule has 0 fully saturated rings. The molecule has 2 heterocycles. The molecule has 0 radical (unpaired) electrons. The maximum Gasteiger partial charge on any atom is 0.341 e. The fourth-order valence-corrected chi connectivity index (χ4v) is 4.77. The van der Waals surface area contributed by atoms with E-state index in [-0.39, 0.29) is 11.7 Å². The second-order valence-electron chi connectivity index (χ2n) is 6.89. The van der Waals surface area contributed by atoms with Crippen LogP contribution in [0.2, 0.25) is 0 Å². The van der Waals surface area contributed by atoms with Crippen molar-refractivity contribution >= 4 is 40.0 Å². The van der Waals surface area contributed by atoms with E-state index in [2.05, 4.69) is 22.1 Å². The molecular weight excluding hydrogens is 432 g/mol. The third kappa shape index (κ3) is 5.05. The molecule has 0 aliphatic rings. The van der Waals surface area contributed by atoms with Crippen molar-refractivity contribution < 1.29 is 14.3 Å². The number of amides is 1. The van der Waals surface area contributed by atoms with Crippen LogP contribution in [0.1, 0.15) is 26.4 Å². The van der Waals surface area contributed by atoms with Gasteiger partial charge in [0.25, 0.3) is 0 Å². The Labute approximate surface area is 189 Å². The number of ether oxygens (including phenoxy) is 1. The SMILES string of the molecule is C=CCn1c(SCC(=O)Nc2sc(C)c(C)c2C(=O)OC)nnc1-c1ccc(C)cc1. The first kappa shape index (κ1) is 22.8. The van der Waals surface area contributed by atoms with Gasteiger partial charge < -0.3 is 10.1 Å². The number of benzene rings is 1. The number of aromatic nitrogens is 3. The highest BCUT2D eigenvalue weighted by molar-refractivity contribution is 7.99. The second kappa shape index (κ2) is 9.93. The minimum atomic E-state index is -0.460. The van der Waals surface area contributed by atoms with E-state index >= 15 is 0 Å². The summed E-state index contributed by atoms with van der Waals surface area (Å²) in [5.74, 6) is 0.153. The lowest BCUT2D eigenvalue weighted by molar-refractivity contribution is -0.113. The van der Waals surface area contributed by atoms with E-state index in [0.717, 1.165) is 27.4 Å². The van der Waals surface area contributed by atoms with Crippen molar-refractivity contribution in [1.29, 1.82) is 0 Å². The number of hydrogen-bond donors (Lipinski definition) is 1. The Balaban J connectivity index is 1.75. The van der Waals surface area contributed by atoms with Gasteiger partial charge in [-0.25, -0.2) is 4.79 Å². The van der Waals surface area contributed by atoms with Crippen LogP contribution >= 0.6 is 23.1 Å². The maximum atomic E-state index is 12.6. The summed E-state index contributed by atoms with van der Waals surface area (Å²) >= 11 is 2.64. The number of rotatable bonds is 8. The predicted molar refractivity (Wildman–Crippen MR) is 125 cm³/mol. The standard InChI is InChI=1S/C22H24N4O3S2/c1-6-11-26-19(16-9-7-13(2)8-10-16)24-25-22(26)30-12-17(27)23-20-18(21(28)29-5)14(3)15(4)31-20/h6-10H,1,11-12H2,2-5H3,(H,23,27). The largest absolute Gasteiger partial charge is 0.465 e. The predicted octanol–water partition coefficient (Wildman–Crippen LogP) is 4.64. The molecule has 7 nitrogen and oxygen atoms in total. The van der Waals surface area contributed by atoms with Gasteiger partial charge in [-0.05, 0) is 26.3 Å². The normalized spacial score (nSPS) is 10.7. The van der Waals surface area contributed by atoms with Crippen LogP contribution in [0, 0.1) is 20.8 Å². The van der Waals surface area contributed by atoms with Crippen molar-refractivity contribution in [2.75, 3.05) is 18.2 Å². The Hall–Kier alpha value is -2.91. The van der Waals surface area contributed by atoms with Crippen LogP contribution in [0.15, 0.2) is 42.1 Å².